The van der Waals surface area contributed by atoms with Crippen molar-refractivity contribution in [1.82, 2.24) is 0 Å². The van der Waals surface area contributed by atoms with Gasteiger partial charge in [-0.25, -0.2) is 4.79 Å². The second-order valence-corrected chi connectivity index (χ2v) is 8.27. The molecule has 3 rings (SSSR count). The van der Waals surface area contributed by atoms with Crippen LogP contribution < -0.4 is 4.74 Å². The molecule has 0 fully saturated rings. The highest BCUT2D eigenvalue weighted by molar-refractivity contribution is 5.61. The Balaban J connectivity index is 1.86. The van der Waals surface area contributed by atoms with Crippen LogP contribution in [0.5, 0.6) is 11.5 Å². The summed E-state index contributed by atoms with van der Waals surface area (Å²) in [4.78, 5) is 10.7. The maximum atomic E-state index is 10.7. The van der Waals surface area contributed by atoms with Crippen molar-refractivity contribution in [2.24, 2.45) is 0 Å². The highest BCUT2D eigenvalue weighted by atomic mass is 16.7. The lowest BCUT2D eigenvalue weighted by molar-refractivity contribution is 0.144. The topological polar surface area (TPSA) is 66.8 Å². The molecule has 3 aromatic carbocycles. The van der Waals surface area contributed by atoms with Crippen LogP contribution in [-0.2, 0) is 10.8 Å². The first-order chi connectivity index (χ1) is 13.6. The van der Waals surface area contributed by atoms with Crippen LogP contribution in [0.15, 0.2) is 72.8 Å². The number of hydrogen-bond acceptors (Lipinski definition) is 3. The van der Waals surface area contributed by atoms with Gasteiger partial charge in [0.1, 0.15) is 11.5 Å². The fourth-order valence-electron chi connectivity index (χ4n) is 3.56. The van der Waals surface area contributed by atoms with E-state index in [9.17, 15) is 9.90 Å². The maximum Gasteiger partial charge on any atom is 0.511 e. The van der Waals surface area contributed by atoms with Crippen LogP contribution in [0.2, 0.25) is 0 Å². The fraction of sp³-hybridized carbons (Fsp3) is 0.240. The summed E-state index contributed by atoms with van der Waals surface area (Å²) >= 11 is 0. The molecule has 0 aliphatic heterocycles. The van der Waals surface area contributed by atoms with E-state index in [1.165, 1.54) is 5.56 Å². The number of aromatic hydroxyl groups is 1. The third-order valence-corrected chi connectivity index (χ3v) is 5.70. The van der Waals surface area contributed by atoms with Crippen molar-refractivity contribution in [1.29, 1.82) is 0 Å². The van der Waals surface area contributed by atoms with Gasteiger partial charge >= 0.3 is 6.16 Å². The third kappa shape index (κ3) is 4.27. The Kier molecular flexibility index (Phi) is 5.38. The lowest BCUT2D eigenvalue weighted by Crippen LogP contribution is -2.21. The second-order valence-electron chi connectivity index (χ2n) is 8.27. The van der Waals surface area contributed by atoms with Crippen molar-refractivity contribution in [3.63, 3.8) is 0 Å². The highest BCUT2D eigenvalue weighted by Gasteiger charge is 2.26. The number of carbonyl (C=O) groups is 1. The zero-order valence-electron chi connectivity index (χ0n) is 17.1. The standard InChI is InChI=1S/C25H26O4/c1-24(2,19-9-13-21(26)14-10-19)17-5-7-18(8-6-17)25(3,4)20-11-15-22(16-12-20)29-23(27)28/h5-16,26H,1-4H3,(H,27,28). The van der Waals surface area contributed by atoms with Crippen LogP contribution >= 0.6 is 0 Å². The number of phenolic OH excluding ortho intramolecular Hbond substituents is 1. The molecule has 0 bridgehead atoms. The molecular formula is C25H26O4. The average molecular weight is 390 g/mol. The molecule has 0 saturated carbocycles. The number of carboxylic acid groups (broad SMARTS) is 1. The molecule has 0 spiro atoms. The van der Waals surface area contributed by atoms with Gasteiger partial charge in [-0.05, 0) is 46.5 Å². The molecule has 0 aliphatic rings. The van der Waals surface area contributed by atoms with Crippen molar-refractivity contribution in [2.75, 3.05) is 0 Å². The smallest absolute Gasteiger partial charge is 0.508 e. The quantitative estimate of drug-likeness (QED) is 0.408. The summed E-state index contributed by atoms with van der Waals surface area (Å²) in [6.07, 6.45) is -1.32. The van der Waals surface area contributed by atoms with Crippen LogP contribution in [0, 0.1) is 0 Å². The number of ether oxygens (including phenoxy) is 1. The zero-order chi connectivity index (χ0) is 21.2. The fourth-order valence-corrected chi connectivity index (χ4v) is 3.56. The molecule has 0 amide bonds. The molecule has 0 unspecified atom stereocenters. The van der Waals surface area contributed by atoms with E-state index in [2.05, 4.69) is 52.0 Å². The minimum Gasteiger partial charge on any atom is -0.508 e. The molecule has 0 radical (unpaired) electrons. The molecule has 0 atom stereocenters. The van der Waals surface area contributed by atoms with Gasteiger partial charge in [-0.3, -0.25) is 0 Å². The predicted octanol–water partition coefficient (Wildman–Crippen LogP) is 6.10. The lowest BCUT2D eigenvalue weighted by atomic mass is 9.74. The van der Waals surface area contributed by atoms with E-state index >= 15 is 0 Å². The van der Waals surface area contributed by atoms with Crippen molar-refractivity contribution in [3.8, 4) is 11.5 Å². The van der Waals surface area contributed by atoms with Crippen LogP contribution in [0.3, 0.4) is 0 Å². The molecule has 0 heterocycles. The number of hydrogen-bond donors (Lipinski definition) is 2. The summed E-state index contributed by atoms with van der Waals surface area (Å²) in [5, 5.41) is 18.3. The van der Waals surface area contributed by atoms with Crippen molar-refractivity contribution in [3.05, 3.63) is 95.1 Å². The Bertz CT molecular complexity index is 983. The first-order valence-corrected chi connectivity index (χ1v) is 9.52. The molecule has 3 aromatic rings. The normalized spacial score (nSPS) is 11.9. The largest absolute Gasteiger partial charge is 0.511 e. The molecule has 0 saturated heterocycles. The Hall–Kier alpha value is -3.27. The average Bonchev–Trinajstić information content (AvgIpc) is 2.68. The maximum absolute atomic E-state index is 10.7. The van der Waals surface area contributed by atoms with Crippen LogP contribution in [0.25, 0.3) is 0 Å². The van der Waals surface area contributed by atoms with E-state index in [0.29, 0.717) is 5.75 Å². The van der Waals surface area contributed by atoms with Gasteiger partial charge in [0.2, 0.25) is 0 Å². The van der Waals surface area contributed by atoms with Gasteiger partial charge in [0, 0.05) is 10.8 Å². The van der Waals surface area contributed by atoms with E-state index < -0.39 is 6.16 Å². The Morgan fingerprint density at radius 2 is 0.966 bits per heavy atom. The van der Waals surface area contributed by atoms with Gasteiger partial charge in [-0.15, -0.1) is 0 Å². The number of phenols is 1. The summed E-state index contributed by atoms with van der Waals surface area (Å²) in [5.41, 5.74) is 4.12. The van der Waals surface area contributed by atoms with Crippen LogP contribution in [-0.4, -0.2) is 16.4 Å². The summed E-state index contributed by atoms with van der Waals surface area (Å²) in [5.74, 6) is 0.574. The molecule has 0 aliphatic carbocycles. The molecule has 4 heteroatoms. The first kappa shape index (κ1) is 20.5. The minimum atomic E-state index is -1.32. The van der Waals surface area contributed by atoms with E-state index in [-0.39, 0.29) is 16.6 Å². The molecular weight excluding hydrogens is 364 g/mol. The van der Waals surface area contributed by atoms with Gasteiger partial charge in [-0.1, -0.05) is 76.2 Å². The summed E-state index contributed by atoms with van der Waals surface area (Å²) in [6, 6.07) is 23.0. The van der Waals surface area contributed by atoms with Gasteiger partial charge in [0.25, 0.3) is 0 Å². The molecule has 29 heavy (non-hydrogen) atoms. The van der Waals surface area contributed by atoms with E-state index in [1.807, 2.05) is 24.3 Å². The van der Waals surface area contributed by atoms with Crippen molar-refractivity contribution < 1.29 is 19.7 Å². The number of rotatable bonds is 5. The number of benzene rings is 3. The molecule has 0 aromatic heterocycles. The van der Waals surface area contributed by atoms with Gasteiger partial charge in [0.15, 0.2) is 0 Å². The van der Waals surface area contributed by atoms with Gasteiger partial charge in [-0.2, -0.15) is 0 Å². The highest BCUT2D eigenvalue weighted by Crippen LogP contribution is 2.36. The van der Waals surface area contributed by atoms with E-state index in [1.54, 1.807) is 24.3 Å². The summed E-state index contributed by atoms with van der Waals surface area (Å²) in [7, 11) is 0. The minimum absolute atomic E-state index is 0.188. The van der Waals surface area contributed by atoms with Crippen molar-refractivity contribution in [2.45, 2.75) is 38.5 Å². The van der Waals surface area contributed by atoms with E-state index in [0.717, 1.165) is 16.7 Å². The molecule has 4 nitrogen and oxygen atoms in total. The molecule has 150 valence electrons. The first-order valence-electron chi connectivity index (χ1n) is 9.52. The Labute approximate surface area is 171 Å². The zero-order valence-corrected chi connectivity index (χ0v) is 17.1. The Morgan fingerprint density at radius 3 is 1.31 bits per heavy atom. The monoisotopic (exact) mass is 390 g/mol. The summed E-state index contributed by atoms with van der Waals surface area (Å²) < 4.78 is 4.69. The SMILES string of the molecule is CC(C)(c1ccc(O)cc1)c1ccc(C(C)(C)c2ccc(OC(=O)O)cc2)cc1. The van der Waals surface area contributed by atoms with Gasteiger partial charge in [0.05, 0.1) is 0 Å². The summed E-state index contributed by atoms with van der Waals surface area (Å²) in [6.45, 7) is 8.61. The van der Waals surface area contributed by atoms with Crippen LogP contribution in [0.4, 0.5) is 4.79 Å². The molecule has 2 N–H and O–H groups in total. The lowest BCUT2D eigenvalue weighted by Gasteiger charge is -2.29. The van der Waals surface area contributed by atoms with Crippen LogP contribution in [0.1, 0.15) is 49.9 Å². The second kappa shape index (κ2) is 7.63. The Morgan fingerprint density at radius 1 is 0.655 bits per heavy atom. The van der Waals surface area contributed by atoms with Gasteiger partial charge < -0.3 is 14.9 Å². The van der Waals surface area contributed by atoms with Crippen molar-refractivity contribution >= 4 is 6.16 Å². The van der Waals surface area contributed by atoms with E-state index in [4.69, 9.17) is 9.84 Å². The third-order valence-electron chi connectivity index (χ3n) is 5.70. The predicted molar refractivity (Wildman–Crippen MR) is 114 cm³/mol.